The van der Waals surface area contributed by atoms with Gasteiger partial charge in [0.2, 0.25) is 23.5 Å². The summed E-state index contributed by atoms with van der Waals surface area (Å²) in [4.78, 5) is 43.5. The Kier molecular flexibility index (Phi) is 11.7. The van der Waals surface area contributed by atoms with Crippen LogP contribution in [0.5, 0.6) is 17.2 Å². The summed E-state index contributed by atoms with van der Waals surface area (Å²) < 4.78 is 16.5. The predicted molar refractivity (Wildman–Crippen MR) is 175 cm³/mol. The molecule has 1 saturated heterocycles. The van der Waals surface area contributed by atoms with E-state index < -0.39 is 12.1 Å². The third kappa shape index (κ3) is 8.08. The molecule has 240 valence electrons. The third-order valence-corrected chi connectivity index (χ3v) is 8.40. The summed E-state index contributed by atoms with van der Waals surface area (Å²) in [6, 6.07) is 17.6. The van der Waals surface area contributed by atoms with Crippen molar-refractivity contribution in [1.82, 2.24) is 15.1 Å². The van der Waals surface area contributed by atoms with Gasteiger partial charge >= 0.3 is 0 Å². The van der Waals surface area contributed by atoms with E-state index in [9.17, 15) is 14.4 Å². The Hall–Kier alpha value is -4.24. The molecule has 1 aliphatic rings. The van der Waals surface area contributed by atoms with Gasteiger partial charge in [0.05, 0.1) is 21.3 Å². The van der Waals surface area contributed by atoms with Gasteiger partial charge in [-0.1, -0.05) is 61.3 Å². The Labute approximate surface area is 270 Å². The Morgan fingerprint density at radius 3 is 2.04 bits per heavy atom. The molecule has 0 bridgehead atoms. The van der Waals surface area contributed by atoms with E-state index in [2.05, 4.69) is 12.2 Å². The normalized spacial score (nSPS) is 16.5. The molecule has 1 N–H and O–H groups in total. The van der Waals surface area contributed by atoms with Crippen LogP contribution in [0, 0.1) is 0 Å². The molecule has 1 aliphatic heterocycles. The number of benzene rings is 3. The highest BCUT2D eigenvalue weighted by Gasteiger charge is 2.44. The van der Waals surface area contributed by atoms with Crippen LogP contribution in [0.25, 0.3) is 11.1 Å². The molecule has 0 aromatic heterocycles. The SMILES string of the molecule is CCCCN1C(=O)[C@H](C)N(CC(=O)NCCc2ccc(Cl)cc2)C(=O)[C@H]1Cc1ccc(-c2cc(OC)c(OC)c(OC)c2)cc1. The number of carbonyl (C=O) groups is 3. The summed E-state index contributed by atoms with van der Waals surface area (Å²) in [6.45, 7) is 4.47. The maximum Gasteiger partial charge on any atom is 0.246 e. The van der Waals surface area contributed by atoms with Crippen LogP contribution in [-0.4, -0.2) is 80.6 Å². The number of piperazine rings is 1. The molecule has 0 saturated carbocycles. The first-order chi connectivity index (χ1) is 21.7. The molecular formula is C35H42ClN3O6. The number of hydrogen-bond donors (Lipinski definition) is 1. The zero-order chi connectivity index (χ0) is 32.5. The first kappa shape index (κ1) is 33.6. The lowest BCUT2D eigenvalue weighted by molar-refractivity contribution is -0.162. The molecule has 4 rings (SSSR count). The second-order valence-corrected chi connectivity index (χ2v) is 11.5. The van der Waals surface area contributed by atoms with Gasteiger partial charge in [0, 0.05) is 24.5 Å². The standard InChI is InChI=1S/C35H42ClN3O6/c1-6-7-18-38-29(19-25-8-12-26(13-9-25)27-20-30(43-3)33(45-5)31(21-27)44-4)35(42)39(23(2)34(38)41)22-32(40)37-17-16-24-10-14-28(36)15-11-24/h8-15,20-21,23,29H,6-7,16-19,22H2,1-5H3,(H,37,40)/t23-,29+/m0/s1. The summed E-state index contributed by atoms with van der Waals surface area (Å²) in [5, 5.41) is 3.54. The number of methoxy groups -OCH3 is 3. The molecule has 10 heteroatoms. The van der Waals surface area contributed by atoms with E-state index in [0.29, 0.717) is 48.2 Å². The first-order valence-electron chi connectivity index (χ1n) is 15.2. The molecule has 3 amide bonds. The van der Waals surface area contributed by atoms with Gasteiger partial charge in [-0.3, -0.25) is 14.4 Å². The van der Waals surface area contributed by atoms with E-state index in [1.165, 1.54) is 4.90 Å². The van der Waals surface area contributed by atoms with E-state index in [-0.39, 0.29) is 24.3 Å². The molecule has 1 heterocycles. The lowest BCUT2D eigenvalue weighted by Crippen LogP contribution is -2.65. The maximum absolute atomic E-state index is 13.9. The van der Waals surface area contributed by atoms with Crippen LogP contribution in [0.2, 0.25) is 5.02 Å². The third-order valence-electron chi connectivity index (χ3n) is 8.15. The summed E-state index contributed by atoms with van der Waals surface area (Å²) in [7, 11) is 4.71. The van der Waals surface area contributed by atoms with Crippen LogP contribution in [-0.2, 0) is 27.2 Å². The maximum atomic E-state index is 13.9. The fourth-order valence-corrected chi connectivity index (χ4v) is 5.69. The Bertz CT molecular complexity index is 1450. The molecule has 3 aromatic rings. The average Bonchev–Trinajstić information content (AvgIpc) is 3.05. The molecule has 1 fully saturated rings. The molecule has 0 spiro atoms. The number of unbranched alkanes of at least 4 members (excludes halogenated alkanes) is 1. The van der Waals surface area contributed by atoms with Gasteiger partial charge in [-0.05, 0) is 66.3 Å². The van der Waals surface area contributed by atoms with Crippen molar-refractivity contribution in [1.29, 1.82) is 0 Å². The lowest BCUT2D eigenvalue weighted by atomic mass is 9.96. The Morgan fingerprint density at radius 1 is 0.844 bits per heavy atom. The minimum absolute atomic E-state index is 0.143. The second-order valence-electron chi connectivity index (χ2n) is 11.1. The highest BCUT2D eigenvalue weighted by atomic mass is 35.5. The van der Waals surface area contributed by atoms with Crippen molar-refractivity contribution in [3.8, 4) is 28.4 Å². The van der Waals surface area contributed by atoms with Crippen molar-refractivity contribution in [2.45, 2.75) is 51.6 Å². The highest BCUT2D eigenvalue weighted by molar-refractivity contribution is 6.30. The molecule has 0 aliphatic carbocycles. The summed E-state index contributed by atoms with van der Waals surface area (Å²) in [6.07, 6.45) is 2.64. The van der Waals surface area contributed by atoms with Crippen LogP contribution >= 0.6 is 11.6 Å². The van der Waals surface area contributed by atoms with E-state index in [0.717, 1.165) is 35.1 Å². The van der Waals surface area contributed by atoms with Crippen LogP contribution in [0.3, 0.4) is 0 Å². The number of ether oxygens (including phenoxy) is 3. The van der Waals surface area contributed by atoms with Crippen molar-refractivity contribution in [3.05, 3.63) is 76.8 Å². The molecule has 9 nitrogen and oxygen atoms in total. The van der Waals surface area contributed by atoms with Gasteiger partial charge in [0.25, 0.3) is 0 Å². The minimum Gasteiger partial charge on any atom is -0.493 e. The number of nitrogens with one attached hydrogen (secondary N) is 1. The van der Waals surface area contributed by atoms with Crippen LogP contribution in [0.1, 0.15) is 37.8 Å². The zero-order valence-corrected chi connectivity index (χ0v) is 27.4. The Morgan fingerprint density at radius 2 is 1.47 bits per heavy atom. The number of hydrogen-bond acceptors (Lipinski definition) is 6. The fourth-order valence-electron chi connectivity index (χ4n) is 5.56. The average molecular weight is 636 g/mol. The van der Waals surface area contributed by atoms with E-state index in [1.807, 2.05) is 60.7 Å². The summed E-state index contributed by atoms with van der Waals surface area (Å²) >= 11 is 5.96. The molecule has 45 heavy (non-hydrogen) atoms. The molecule has 2 atom stereocenters. The van der Waals surface area contributed by atoms with E-state index in [1.54, 1.807) is 33.2 Å². The number of halogens is 1. The molecular weight excluding hydrogens is 594 g/mol. The van der Waals surface area contributed by atoms with E-state index >= 15 is 0 Å². The van der Waals surface area contributed by atoms with Gasteiger partial charge in [0.15, 0.2) is 11.5 Å². The van der Waals surface area contributed by atoms with Crippen LogP contribution in [0.4, 0.5) is 0 Å². The lowest BCUT2D eigenvalue weighted by Gasteiger charge is -2.44. The quantitative estimate of drug-likeness (QED) is 0.263. The molecule has 3 aromatic carbocycles. The fraction of sp³-hybridized carbons (Fsp3) is 0.400. The highest BCUT2D eigenvalue weighted by Crippen LogP contribution is 2.41. The number of amides is 3. The predicted octanol–water partition coefficient (Wildman–Crippen LogP) is 5.16. The van der Waals surface area contributed by atoms with Crippen molar-refractivity contribution in [2.75, 3.05) is 41.0 Å². The van der Waals surface area contributed by atoms with Crippen molar-refractivity contribution in [2.24, 2.45) is 0 Å². The number of carbonyl (C=O) groups excluding carboxylic acids is 3. The second kappa shape index (κ2) is 15.7. The van der Waals surface area contributed by atoms with Gasteiger partial charge in [-0.2, -0.15) is 0 Å². The van der Waals surface area contributed by atoms with Crippen LogP contribution in [0.15, 0.2) is 60.7 Å². The largest absolute Gasteiger partial charge is 0.493 e. The van der Waals surface area contributed by atoms with Gasteiger partial charge in [0.1, 0.15) is 18.6 Å². The monoisotopic (exact) mass is 635 g/mol. The number of rotatable bonds is 14. The Balaban J connectivity index is 1.49. The zero-order valence-electron chi connectivity index (χ0n) is 26.6. The van der Waals surface area contributed by atoms with Crippen LogP contribution < -0.4 is 19.5 Å². The van der Waals surface area contributed by atoms with Gasteiger partial charge < -0.3 is 29.3 Å². The minimum atomic E-state index is -0.727. The topological polar surface area (TPSA) is 97.4 Å². The van der Waals surface area contributed by atoms with Crippen molar-refractivity contribution >= 4 is 29.3 Å². The molecule has 0 radical (unpaired) electrons. The summed E-state index contributed by atoms with van der Waals surface area (Å²) in [5.74, 6) is 0.958. The number of nitrogens with zero attached hydrogens (tertiary/aromatic N) is 2. The van der Waals surface area contributed by atoms with Gasteiger partial charge in [-0.25, -0.2) is 0 Å². The molecule has 0 unspecified atom stereocenters. The summed E-state index contributed by atoms with van der Waals surface area (Å²) in [5.41, 5.74) is 3.75. The first-order valence-corrected chi connectivity index (χ1v) is 15.6. The van der Waals surface area contributed by atoms with Crippen molar-refractivity contribution in [3.63, 3.8) is 0 Å². The van der Waals surface area contributed by atoms with Gasteiger partial charge in [-0.15, -0.1) is 0 Å². The smallest absolute Gasteiger partial charge is 0.246 e. The van der Waals surface area contributed by atoms with E-state index in [4.69, 9.17) is 25.8 Å². The van der Waals surface area contributed by atoms with Crippen molar-refractivity contribution < 1.29 is 28.6 Å².